The Morgan fingerprint density at radius 3 is 0.848 bits per heavy atom. The van der Waals surface area contributed by atoms with E-state index in [1.54, 1.807) is 0 Å². The maximum absolute atomic E-state index is 10.2. The van der Waals surface area contributed by atoms with Gasteiger partial charge in [0.2, 0.25) is 0 Å². The predicted octanol–water partition coefficient (Wildman–Crippen LogP) is -24.9. The summed E-state index contributed by atoms with van der Waals surface area (Å²) in [4.78, 5) is 60.3. The van der Waals surface area contributed by atoms with E-state index in [9.17, 15) is 59.4 Å². The van der Waals surface area contributed by atoms with Gasteiger partial charge in [0.1, 0.15) is 23.4 Å². The van der Waals surface area contributed by atoms with Gasteiger partial charge in [-0.05, 0) is 0 Å². The van der Waals surface area contributed by atoms with Crippen LogP contribution in [0.1, 0.15) is 12.8 Å². The van der Waals surface area contributed by atoms with E-state index in [2.05, 4.69) is 0 Å². The van der Waals surface area contributed by atoms with Gasteiger partial charge in [-0.3, -0.25) is 0 Å². The Morgan fingerprint density at radius 1 is 0.576 bits per heavy atom. The summed E-state index contributed by atoms with van der Waals surface area (Å²) in [5.41, 5.74) is -6.92. The SMILES string of the molecule is O=C([O-])CC(O)(C(=O)[O-])C(O)C(=O)[O-].O=C([O-])CC(O)(C(=O)[O-])C(O)C(=O)[O-].[K+].[K+].[K+].[K+].[Mg+2]. The van der Waals surface area contributed by atoms with E-state index in [0.717, 1.165) is 0 Å². The normalized spacial score (nSPS) is 14.2. The molecule has 160 valence electrons. The molecule has 0 saturated heterocycles. The number of carbonyl (C=O) groups is 6. The topological polar surface area (TPSA) is 322 Å². The molecule has 0 aliphatic carbocycles. The number of hydrogen-bond donors (Lipinski definition) is 4. The molecule has 0 rings (SSSR count). The van der Waals surface area contributed by atoms with Crippen molar-refractivity contribution in [2.45, 2.75) is 36.3 Å². The number of rotatable bonds is 10. The molecule has 4 N–H and O–H groups in total. The molecule has 0 amide bonds. The van der Waals surface area contributed by atoms with Crippen molar-refractivity contribution >= 4 is 58.9 Å². The van der Waals surface area contributed by atoms with E-state index in [0.29, 0.717) is 0 Å². The van der Waals surface area contributed by atoms with Crippen molar-refractivity contribution in [3.8, 4) is 0 Å². The Kier molecular flexibility index (Phi) is 40.3. The van der Waals surface area contributed by atoms with Crippen molar-refractivity contribution in [1.29, 1.82) is 0 Å². The van der Waals surface area contributed by atoms with Crippen LogP contribution in [0.15, 0.2) is 0 Å². The summed E-state index contributed by atoms with van der Waals surface area (Å²) >= 11 is 0. The summed E-state index contributed by atoms with van der Waals surface area (Å²) in [7, 11) is 0. The van der Waals surface area contributed by atoms with Crippen LogP contribution in [0, 0.1) is 0 Å². The van der Waals surface area contributed by atoms with Crippen molar-refractivity contribution in [2.24, 2.45) is 0 Å². The molecule has 0 aromatic heterocycles. The molecule has 0 fully saturated rings. The fourth-order valence-electron chi connectivity index (χ4n) is 1.39. The summed E-state index contributed by atoms with van der Waals surface area (Å²) < 4.78 is 0. The maximum atomic E-state index is 10.2. The Morgan fingerprint density at radius 2 is 0.758 bits per heavy atom. The zero-order valence-corrected chi connectivity index (χ0v) is 31.9. The summed E-state index contributed by atoms with van der Waals surface area (Å²) in [5.74, 6) is -13.7. The number of aliphatic hydroxyl groups excluding tert-OH is 2. The molecule has 0 aliphatic heterocycles. The molecule has 0 bridgehead atoms. The van der Waals surface area contributed by atoms with Crippen LogP contribution < -0.4 is 236 Å². The second-order valence-corrected chi connectivity index (χ2v) is 4.96. The van der Waals surface area contributed by atoms with Crippen LogP contribution in [-0.2, 0) is 28.8 Å². The van der Waals surface area contributed by atoms with Crippen LogP contribution in [0.25, 0.3) is 0 Å². The summed E-state index contributed by atoms with van der Waals surface area (Å²) in [6.45, 7) is 0. The number of carbonyl (C=O) groups excluding carboxylic acids is 6. The molecule has 0 aromatic carbocycles. The average Bonchev–Trinajstić information content (AvgIpc) is 2.51. The molecule has 33 heavy (non-hydrogen) atoms. The van der Waals surface area contributed by atoms with Gasteiger partial charge < -0.3 is 79.8 Å². The Labute approximate surface area is 371 Å². The summed E-state index contributed by atoms with van der Waals surface area (Å²) in [5, 5.41) is 95.5. The molecular weight excluding hydrogens is 581 g/mol. The Balaban J connectivity index is -0.0000000712. The first-order valence-corrected chi connectivity index (χ1v) is 6.48. The van der Waals surface area contributed by atoms with Gasteiger partial charge in [0.05, 0.1) is 23.9 Å². The zero-order chi connectivity index (χ0) is 23.0. The van der Waals surface area contributed by atoms with Crippen LogP contribution in [-0.4, -0.2) is 103 Å². The van der Waals surface area contributed by atoms with Gasteiger partial charge in [0, 0.05) is 24.8 Å². The number of hydrogen-bond acceptors (Lipinski definition) is 16. The van der Waals surface area contributed by atoms with E-state index < -0.39 is 72.1 Å². The first-order chi connectivity index (χ1) is 12.4. The van der Waals surface area contributed by atoms with E-state index in [1.165, 1.54) is 0 Å². The Hall–Kier alpha value is 3.97. The summed E-state index contributed by atoms with van der Waals surface area (Å²) in [6.07, 6.45) is -9.06. The van der Waals surface area contributed by atoms with E-state index >= 15 is 0 Å². The standard InChI is InChI=1S/2C6H8O8.4K.Mg/c2*7-2(8)1-6(14,5(12)13)3(9)4(10)11;;;;;/h2*3,9,14H,1H2,(H,7,8)(H,10,11)(H,12,13);;;;;/q;;4*+1;+2/p-6. The molecule has 0 aliphatic rings. The van der Waals surface area contributed by atoms with Crippen LogP contribution in [0.2, 0.25) is 0 Å². The zero-order valence-electron chi connectivity index (χ0n) is 18.0. The minimum Gasteiger partial charge on any atom is -0.550 e. The van der Waals surface area contributed by atoms with E-state index in [-0.39, 0.29) is 229 Å². The van der Waals surface area contributed by atoms with Gasteiger partial charge in [0.15, 0.2) is 0 Å². The molecule has 0 spiro atoms. The molecule has 0 aromatic rings. The van der Waals surface area contributed by atoms with Crippen molar-refractivity contribution in [3.63, 3.8) is 0 Å². The van der Waals surface area contributed by atoms with Crippen molar-refractivity contribution < 1.29 is 285 Å². The number of carboxylic acids is 6. The van der Waals surface area contributed by atoms with Gasteiger partial charge in [-0.2, -0.15) is 0 Å². The first-order valence-electron chi connectivity index (χ1n) is 6.48. The fourth-order valence-corrected chi connectivity index (χ4v) is 1.39. The monoisotopic (exact) mass is 590 g/mol. The number of aliphatic carboxylic acids is 6. The first kappa shape index (κ1) is 53.3. The maximum Gasteiger partial charge on any atom is 2.00 e. The van der Waals surface area contributed by atoms with Gasteiger partial charge in [-0.1, -0.05) is 0 Å². The van der Waals surface area contributed by atoms with Gasteiger partial charge >= 0.3 is 229 Å². The van der Waals surface area contributed by atoms with Gasteiger partial charge in [-0.25, -0.2) is 0 Å². The van der Waals surface area contributed by atoms with Gasteiger partial charge in [0.25, 0.3) is 0 Å². The second kappa shape index (κ2) is 25.0. The molecule has 0 heterocycles. The third-order valence-electron chi connectivity index (χ3n) is 2.89. The largest absolute Gasteiger partial charge is 2.00 e. The fraction of sp³-hybridized carbons (Fsp3) is 0.500. The molecule has 21 heteroatoms. The van der Waals surface area contributed by atoms with Crippen LogP contribution in [0.4, 0.5) is 0 Å². The van der Waals surface area contributed by atoms with Crippen molar-refractivity contribution in [2.75, 3.05) is 0 Å². The van der Waals surface area contributed by atoms with Crippen molar-refractivity contribution in [3.05, 3.63) is 0 Å². The smallest absolute Gasteiger partial charge is 0.550 e. The van der Waals surface area contributed by atoms with E-state index in [1.807, 2.05) is 0 Å². The predicted molar refractivity (Wildman–Crippen MR) is 66.9 cm³/mol. The number of aliphatic hydroxyl groups is 4. The summed E-state index contributed by atoms with van der Waals surface area (Å²) in [6, 6.07) is 0. The van der Waals surface area contributed by atoms with Crippen LogP contribution in [0.3, 0.4) is 0 Å². The molecule has 4 unspecified atom stereocenters. The quantitative estimate of drug-likeness (QED) is 0.171. The molecule has 4 atom stereocenters. The third-order valence-corrected chi connectivity index (χ3v) is 2.89. The van der Waals surface area contributed by atoms with Crippen molar-refractivity contribution in [1.82, 2.24) is 0 Å². The number of carboxylic acid groups (broad SMARTS) is 6. The van der Waals surface area contributed by atoms with Crippen LogP contribution in [0.5, 0.6) is 0 Å². The molecule has 0 saturated carbocycles. The molecule has 0 radical (unpaired) electrons. The molecular formula is C12H10K4MgO16. The van der Waals surface area contributed by atoms with E-state index in [4.69, 9.17) is 20.4 Å². The van der Waals surface area contributed by atoms with Gasteiger partial charge in [-0.15, -0.1) is 0 Å². The Bertz CT molecular complexity index is 622. The average molecular weight is 591 g/mol. The minimum atomic E-state index is -3.46. The minimum absolute atomic E-state index is 0. The third kappa shape index (κ3) is 19.6. The molecule has 16 nitrogen and oxygen atoms in total. The second-order valence-electron chi connectivity index (χ2n) is 4.96. The van der Waals surface area contributed by atoms with Crippen LogP contribution >= 0.6 is 0 Å².